The highest BCUT2D eigenvalue weighted by Gasteiger charge is 2.35. The molecular weight excluding hydrogens is 266 g/mol. The summed E-state index contributed by atoms with van der Waals surface area (Å²) in [6.07, 6.45) is 1.49. The summed E-state index contributed by atoms with van der Waals surface area (Å²) < 4.78 is 10.0. The van der Waals surface area contributed by atoms with E-state index in [9.17, 15) is 9.90 Å². The van der Waals surface area contributed by atoms with Gasteiger partial charge in [-0.15, -0.1) is 11.3 Å². The first-order valence-corrected chi connectivity index (χ1v) is 6.61. The summed E-state index contributed by atoms with van der Waals surface area (Å²) in [5, 5.41) is 15.3. The SMILES string of the molecule is COCC(=O)NCC(O)(c1ccco1)c1cccs1. The summed E-state index contributed by atoms with van der Waals surface area (Å²) in [5.74, 6) is 0.108. The van der Waals surface area contributed by atoms with Crippen molar-refractivity contribution in [1.29, 1.82) is 0 Å². The molecule has 0 saturated carbocycles. The Morgan fingerprint density at radius 2 is 2.37 bits per heavy atom. The molecule has 102 valence electrons. The zero-order valence-electron chi connectivity index (χ0n) is 10.5. The maximum atomic E-state index is 11.5. The van der Waals surface area contributed by atoms with E-state index in [1.165, 1.54) is 24.7 Å². The van der Waals surface area contributed by atoms with Crippen molar-refractivity contribution in [3.05, 3.63) is 46.5 Å². The highest BCUT2D eigenvalue weighted by Crippen LogP contribution is 2.32. The Labute approximate surface area is 114 Å². The van der Waals surface area contributed by atoms with E-state index in [4.69, 9.17) is 9.15 Å². The lowest BCUT2D eigenvalue weighted by atomic mass is 9.98. The lowest BCUT2D eigenvalue weighted by molar-refractivity contribution is -0.125. The van der Waals surface area contributed by atoms with Crippen molar-refractivity contribution >= 4 is 17.2 Å². The molecule has 2 N–H and O–H groups in total. The van der Waals surface area contributed by atoms with E-state index in [1.54, 1.807) is 18.2 Å². The molecule has 2 heterocycles. The molecule has 0 aromatic carbocycles. The number of carbonyl (C=O) groups is 1. The topological polar surface area (TPSA) is 71.7 Å². The van der Waals surface area contributed by atoms with Crippen LogP contribution in [-0.4, -0.2) is 31.3 Å². The van der Waals surface area contributed by atoms with Crippen LogP contribution in [0.2, 0.25) is 0 Å². The summed E-state index contributed by atoms with van der Waals surface area (Å²) >= 11 is 1.40. The Hall–Kier alpha value is -1.63. The molecule has 0 aliphatic rings. The zero-order chi connectivity index (χ0) is 13.7. The molecule has 0 radical (unpaired) electrons. The number of hydrogen-bond donors (Lipinski definition) is 2. The van der Waals surface area contributed by atoms with Crippen LogP contribution >= 0.6 is 11.3 Å². The minimum Gasteiger partial charge on any atom is -0.466 e. The molecular formula is C13H15NO4S. The fourth-order valence-electron chi connectivity index (χ4n) is 1.73. The van der Waals surface area contributed by atoms with Gasteiger partial charge in [-0.25, -0.2) is 0 Å². The number of ether oxygens (including phenoxy) is 1. The second-order valence-corrected chi connectivity index (χ2v) is 4.97. The second-order valence-electron chi connectivity index (χ2n) is 4.02. The number of hydrogen-bond acceptors (Lipinski definition) is 5. The maximum Gasteiger partial charge on any atom is 0.246 e. The molecule has 5 nitrogen and oxygen atoms in total. The lowest BCUT2D eigenvalue weighted by Crippen LogP contribution is -2.42. The highest BCUT2D eigenvalue weighted by molar-refractivity contribution is 7.10. The Balaban J connectivity index is 2.19. The van der Waals surface area contributed by atoms with Crippen molar-refractivity contribution in [2.24, 2.45) is 0 Å². The minimum atomic E-state index is -1.36. The summed E-state index contributed by atoms with van der Waals surface area (Å²) in [4.78, 5) is 12.2. The zero-order valence-corrected chi connectivity index (χ0v) is 11.3. The molecule has 1 amide bonds. The Kier molecular flexibility index (Phi) is 4.36. The van der Waals surface area contributed by atoms with Crippen molar-refractivity contribution in [2.45, 2.75) is 5.60 Å². The van der Waals surface area contributed by atoms with E-state index in [0.717, 1.165) is 0 Å². The van der Waals surface area contributed by atoms with Crippen molar-refractivity contribution in [3.63, 3.8) is 0 Å². The van der Waals surface area contributed by atoms with E-state index in [-0.39, 0.29) is 19.1 Å². The second kappa shape index (κ2) is 6.01. The van der Waals surface area contributed by atoms with Crippen LogP contribution in [0.25, 0.3) is 0 Å². The standard InChI is InChI=1S/C13H15NO4S/c1-17-8-12(15)14-9-13(16,10-4-2-6-18-10)11-5-3-7-19-11/h2-7,16H,8-9H2,1H3,(H,14,15). The third-order valence-electron chi connectivity index (χ3n) is 2.67. The summed E-state index contributed by atoms with van der Waals surface area (Å²) in [6.45, 7) is -0.0120. The van der Waals surface area contributed by atoms with Gasteiger partial charge in [0.15, 0.2) is 5.60 Å². The van der Waals surface area contributed by atoms with Crippen molar-refractivity contribution in [1.82, 2.24) is 5.32 Å². The van der Waals surface area contributed by atoms with Crippen LogP contribution in [0.1, 0.15) is 10.6 Å². The van der Waals surface area contributed by atoms with Crippen LogP contribution in [0.4, 0.5) is 0 Å². The third-order valence-corrected chi connectivity index (χ3v) is 3.70. The first-order chi connectivity index (χ1) is 9.16. The third kappa shape index (κ3) is 3.04. The molecule has 0 saturated heterocycles. The predicted octanol–water partition coefficient (Wildman–Crippen LogP) is 1.34. The number of furan rings is 1. The minimum absolute atomic E-state index is 0.0310. The van der Waals surface area contributed by atoms with Gasteiger partial charge in [0.1, 0.15) is 12.4 Å². The molecule has 2 aromatic heterocycles. The van der Waals surface area contributed by atoms with Crippen LogP contribution in [0, 0.1) is 0 Å². The molecule has 2 rings (SSSR count). The highest BCUT2D eigenvalue weighted by atomic mass is 32.1. The number of nitrogens with one attached hydrogen (secondary N) is 1. The van der Waals surface area contributed by atoms with Gasteiger partial charge >= 0.3 is 0 Å². The van der Waals surface area contributed by atoms with Crippen molar-refractivity contribution in [2.75, 3.05) is 20.3 Å². The van der Waals surface area contributed by atoms with Crippen LogP contribution in [0.3, 0.4) is 0 Å². The van der Waals surface area contributed by atoms with E-state index < -0.39 is 5.60 Å². The number of methoxy groups -OCH3 is 1. The molecule has 2 aromatic rings. The van der Waals surface area contributed by atoms with E-state index in [2.05, 4.69) is 5.32 Å². The largest absolute Gasteiger partial charge is 0.466 e. The Morgan fingerprint density at radius 3 is 2.95 bits per heavy atom. The Morgan fingerprint density at radius 1 is 1.53 bits per heavy atom. The molecule has 0 aliphatic carbocycles. The van der Waals surface area contributed by atoms with Crippen molar-refractivity contribution in [3.8, 4) is 0 Å². The molecule has 6 heteroatoms. The van der Waals surface area contributed by atoms with Gasteiger partial charge in [0, 0.05) is 12.0 Å². The number of amides is 1. The van der Waals surface area contributed by atoms with Gasteiger partial charge < -0.3 is 19.6 Å². The number of rotatable bonds is 6. The van der Waals surface area contributed by atoms with E-state index in [0.29, 0.717) is 10.6 Å². The molecule has 0 aliphatic heterocycles. The first kappa shape index (κ1) is 13.8. The molecule has 19 heavy (non-hydrogen) atoms. The Bertz CT molecular complexity index is 473. The molecule has 1 atom stereocenters. The fourth-order valence-corrected chi connectivity index (χ4v) is 2.56. The quantitative estimate of drug-likeness (QED) is 0.838. The number of carbonyl (C=O) groups excluding carboxylic acids is 1. The van der Waals surface area contributed by atoms with Gasteiger partial charge in [-0.2, -0.15) is 0 Å². The number of aliphatic hydroxyl groups is 1. The van der Waals surface area contributed by atoms with Gasteiger partial charge in [0.2, 0.25) is 5.91 Å². The monoisotopic (exact) mass is 281 g/mol. The maximum absolute atomic E-state index is 11.5. The van der Waals surface area contributed by atoms with Crippen LogP contribution in [-0.2, 0) is 15.1 Å². The van der Waals surface area contributed by atoms with Crippen LogP contribution in [0.5, 0.6) is 0 Å². The summed E-state index contributed by atoms with van der Waals surface area (Å²) in [6, 6.07) is 7.02. The predicted molar refractivity (Wildman–Crippen MR) is 70.9 cm³/mol. The fraction of sp³-hybridized carbons (Fsp3) is 0.308. The lowest BCUT2D eigenvalue weighted by Gasteiger charge is -2.25. The summed E-state index contributed by atoms with van der Waals surface area (Å²) in [5.41, 5.74) is -1.36. The molecule has 1 unspecified atom stereocenters. The van der Waals surface area contributed by atoms with E-state index >= 15 is 0 Å². The smallest absolute Gasteiger partial charge is 0.246 e. The van der Waals surface area contributed by atoms with Gasteiger partial charge in [-0.05, 0) is 23.6 Å². The van der Waals surface area contributed by atoms with Crippen LogP contribution in [0.15, 0.2) is 40.3 Å². The normalized spacial score (nSPS) is 14.0. The van der Waals surface area contributed by atoms with Gasteiger partial charge in [0.25, 0.3) is 0 Å². The number of thiophene rings is 1. The van der Waals surface area contributed by atoms with Crippen molar-refractivity contribution < 1.29 is 19.1 Å². The molecule has 0 fully saturated rings. The first-order valence-electron chi connectivity index (χ1n) is 5.73. The average molecular weight is 281 g/mol. The van der Waals surface area contributed by atoms with Crippen LogP contribution < -0.4 is 5.32 Å². The molecule has 0 spiro atoms. The van der Waals surface area contributed by atoms with Gasteiger partial charge in [0.05, 0.1) is 12.8 Å². The summed E-state index contributed by atoms with van der Waals surface area (Å²) in [7, 11) is 1.44. The van der Waals surface area contributed by atoms with E-state index in [1.807, 2.05) is 11.4 Å². The van der Waals surface area contributed by atoms with Gasteiger partial charge in [-0.1, -0.05) is 6.07 Å². The van der Waals surface area contributed by atoms with Gasteiger partial charge in [-0.3, -0.25) is 4.79 Å². The molecule has 0 bridgehead atoms. The average Bonchev–Trinajstić information content (AvgIpc) is 3.08.